The summed E-state index contributed by atoms with van der Waals surface area (Å²) in [5.74, 6) is 0.844. The van der Waals surface area contributed by atoms with Gasteiger partial charge in [0.1, 0.15) is 5.56 Å². The molecule has 1 aromatic carbocycles. The molecule has 0 unspecified atom stereocenters. The largest absolute Gasteiger partial charge is 0.353 e. The van der Waals surface area contributed by atoms with E-state index in [0.29, 0.717) is 23.2 Å². The molecule has 29 heavy (non-hydrogen) atoms. The molecule has 1 fully saturated rings. The second-order valence-corrected chi connectivity index (χ2v) is 8.63. The van der Waals surface area contributed by atoms with Gasteiger partial charge in [-0.05, 0) is 44.2 Å². The maximum absolute atomic E-state index is 13.2. The van der Waals surface area contributed by atoms with Crippen LogP contribution in [0.1, 0.15) is 37.8 Å². The number of thioether (sulfide) groups is 1. The number of carbonyl (C=O) groups excluding carboxylic acids is 1. The molecule has 1 amide bonds. The average molecular weight is 410 g/mol. The van der Waals surface area contributed by atoms with Crippen LogP contribution in [-0.4, -0.2) is 37.0 Å². The first-order valence-corrected chi connectivity index (χ1v) is 11.2. The quantitative estimate of drug-likeness (QED) is 0.517. The fraction of sp³-hybridized carbons (Fsp3) is 0.429. The normalized spacial score (nSPS) is 16.4. The van der Waals surface area contributed by atoms with Gasteiger partial charge in [0.15, 0.2) is 11.0 Å². The van der Waals surface area contributed by atoms with E-state index in [9.17, 15) is 9.59 Å². The van der Waals surface area contributed by atoms with Crippen molar-refractivity contribution in [3.63, 3.8) is 0 Å². The molecule has 1 aromatic rings. The van der Waals surface area contributed by atoms with E-state index < -0.39 is 0 Å². The van der Waals surface area contributed by atoms with Gasteiger partial charge in [0.25, 0.3) is 5.56 Å². The summed E-state index contributed by atoms with van der Waals surface area (Å²) in [6, 6.07) is 9.80. The molecule has 1 aliphatic carbocycles. The van der Waals surface area contributed by atoms with Crippen molar-refractivity contribution in [3.05, 3.63) is 46.4 Å². The summed E-state index contributed by atoms with van der Waals surface area (Å²) >= 11 is 1.44. The van der Waals surface area contributed by atoms with E-state index in [1.54, 1.807) is 0 Å². The van der Waals surface area contributed by atoms with Crippen molar-refractivity contribution < 1.29 is 4.79 Å². The van der Waals surface area contributed by atoms with Gasteiger partial charge in [0.2, 0.25) is 5.91 Å². The lowest BCUT2D eigenvalue weighted by molar-refractivity contribution is -0.118. The minimum absolute atomic E-state index is 0.0432. The van der Waals surface area contributed by atoms with Crippen LogP contribution in [0.4, 0.5) is 0 Å². The fourth-order valence-corrected chi connectivity index (χ4v) is 4.69. The predicted octanol–water partition coefficient (Wildman–Crippen LogP) is 2.63. The number of rotatable bonds is 5. The zero-order valence-corrected chi connectivity index (χ0v) is 17.0. The monoisotopic (exact) mass is 409 g/mol. The van der Waals surface area contributed by atoms with Crippen molar-refractivity contribution in [2.24, 2.45) is 0 Å². The fourth-order valence-electron chi connectivity index (χ4n) is 3.83. The van der Waals surface area contributed by atoms with Crippen molar-refractivity contribution in [1.82, 2.24) is 24.6 Å². The molecule has 0 radical (unpaired) electrons. The Labute approximate surface area is 172 Å². The van der Waals surface area contributed by atoms with Crippen molar-refractivity contribution in [2.45, 2.75) is 56.3 Å². The van der Waals surface area contributed by atoms with Crippen LogP contribution in [0.3, 0.4) is 0 Å². The molecule has 3 aliphatic heterocycles. The molecule has 8 heteroatoms. The van der Waals surface area contributed by atoms with Crippen molar-refractivity contribution in [2.75, 3.05) is 5.75 Å². The van der Waals surface area contributed by atoms with Crippen LogP contribution in [0, 0.1) is 0 Å². The van der Waals surface area contributed by atoms with Gasteiger partial charge in [-0.2, -0.15) is 4.68 Å². The van der Waals surface area contributed by atoms with Crippen LogP contribution in [0.25, 0.3) is 17.1 Å². The minimum atomic E-state index is -0.118. The maximum Gasteiger partial charge on any atom is 0.284 e. The first-order valence-electron chi connectivity index (χ1n) is 10.2. The van der Waals surface area contributed by atoms with Crippen LogP contribution in [0.15, 0.2) is 40.3 Å². The van der Waals surface area contributed by atoms with Gasteiger partial charge in [-0.3, -0.25) is 9.59 Å². The van der Waals surface area contributed by atoms with E-state index in [2.05, 4.69) is 15.0 Å². The summed E-state index contributed by atoms with van der Waals surface area (Å²) in [5, 5.41) is 8.33. The minimum Gasteiger partial charge on any atom is -0.353 e. The Morgan fingerprint density at radius 3 is 2.79 bits per heavy atom. The van der Waals surface area contributed by atoms with Crippen molar-refractivity contribution >= 4 is 17.7 Å². The lowest BCUT2D eigenvalue weighted by atomic mass is 10.1. The first-order chi connectivity index (χ1) is 14.2. The van der Waals surface area contributed by atoms with Crippen LogP contribution < -0.4 is 10.9 Å². The molecule has 1 saturated carbocycles. The third-order valence-electron chi connectivity index (χ3n) is 5.44. The number of hydrogen-bond acceptors (Lipinski definition) is 5. The standard InChI is InChI=1S/C21H23N5O2S/c27-17(22-14-10-11-14)13-29-21-23-19-18(16-9-5-2-6-12-25(16)21)20(28)26(24-19)15-7-3-1-4-8-15/h1,3-4,7-8,14H,2,5-6,9-13H2,(H,22,27). The maximum atomic E-state index is 13.2. The molecule has 0 saturated heterocycles. The number of nitrogens with one attached hydrogen (secondary N) is 1. The zero-order chi connectivity index (χ0) is 19.8. The Morgan fingerprint density at radius 2 is 2.00 bits per heavy atom. The van der Waals surface area contributed by atoms with Gasteiger partial charge in [0.05, 0.1) is 11.4 Å². The van der Waals surface area contributed by atoms with Crippen LogP contribution in [-0.2, 0) is 17.8 Å². The third-order valence-corrected chi connectivity index (χ3v) is 6.42. The Kier molecular flexibility index (Phi) is 4.87. The third kappa shape index (κ3) is 3.69. The van der Waals surface area contributed by atoms with Crippen molar-refractivity contribution in [3.8, 4) is 17.1 Å². The van der Waals surface area contributed by atoms with Crippen molar-refractivity contribution in [1.29, 1.82) is 0 Å². The van der Waals surface area contributed by atoms with E-state index in [1.165, 1.54) is 16.4 Å². The van der Waals surface area contributed by atoms with Gasteiger partial charge in [-0.25, -0.2) is 4.98 Å². The lowest BCUT2D eigenvalue weighted by Gasteiger charge is -2.17. The molecule has 4 aliphatic rings. The van der Waals surface area contributed by atoms with E-state index in [4.69, 9.17) is 4.98 Å². The molecule has 5 rings (SSSR count). The van der Waals surface area contributed by atoms with E-state index in [-0.39, 0.29) is 11.5 Å². The highest BCUT2D eigenvalue weighted by molar-refractivity contribution is 7.99. The van der Waals surface area contributed by atoms with Gasteiger partial charge < -0.3 is 9.88 Å². The molecular weight excluding hydrogens is 386 g/mol. The molecule has 1 N–H and O–H groups in total. The van der Waals surface area contributed by atoms with Gasteiger partial charge in [0, 0.05) is 18.3 Å². The Balaban J connectivity index is 1.56. The molecule has 0 bridgehead atoms. The Hall–Kier alpha value is -2.61. The summed E-state index contributed by atoms with van der Waals surface area (Å²) in [5.41, 5.74) is 2.24. The Morgan fingerprint density at radius 1 is 1.17 bits per heavy atom. The molecule has 0 atom stereocenters. The van der Waals surface area contributed by atoms with Crippen LogP contribution in [0.2, 0.25) is 0 Å². The van der Waals surface area contributed by atoms with Gasteiger partial charge >= 0.3 is 0 Å². The zero-order valence-electron chi connectivity index (χ0n) is 16.1. The number of amides is 1. The number of benzene rings is 1. The molecule has 0 spiro atoms. The van der Waals surface area contributed by atoms with Crippen LogP contribution >= 0.6 is 11.8 Å². The average Bonchev–Trinajstić information content (AvgIpc) is 3.52. The Bertz CT molecular complexity index is 1070. The topological polar surface area (TPSA) is 81.8 Å². The van der Waals surface area contributed by atoms with Crippen LogP contribution in [0.5, 0.6) is 0 Å². The van der Waals surface area contributed by atoms with E-state index in [1.807, 2.05) is 30.3 Å². The predicted molar refractivity (Wildman–Crippen MR) is 112 cm³/mol. The molecule has 3 heterocycles. The highest BCUT2D eigenvalue weighted by atomic mass is 32.2. The smallest absolute Gasteiger partial charge is 0.284 e. The number of para-hydroxylation sites is 1. The first kappa shape index (κ1) is 18.4. The summed E-state index contributed by atoms with van der Waals surface area (Å²) in [4.78, 5) is 30.1. The second-order valence-electron chi connectivity index (χ2n) is 7.68. The van der Waals surface area contributed by atoms with E-state index >= 15 is 0 Å². The molecule has 7 nitrogen and oxygen atoms in total. The summed E-state index contributed by atoms with van der Waals surface area (Å²) in [7, 11) is 0. The second kappa shape index (κ2) is 7.67. The molecule has 150 valence electrons. The summed E-state index contributed by atoms with van der Waals surface area (Å²) < 4.78 is 3.58. The number of fused-ring (bicyclic) bond motifs is 3. The number of hydrogen-bond donors (Lipinski definition) is 1. The highest BCUT2D eigenvalue weighted by Gasteiger charge is 2.28. The van der Waals surface area contributed by atoms with E-state index in [0.717, 1.165) is 61.6 Å². The van der Waals surface area contributed by atoms with Gasteiger partial charge in [-0.15, -0.1) is 5.10 Å². The number of nitrogens with zero attached hydrogens (tertiary/aromatic N) is 4. The molecular formula is C21H23N5O2S. The van der Waals surface area contributed by atoms with Gasteiger partial charge in [-0.1, -0.05) is 36.4 Å². The lowest BCUT2D eigenvalue weighted by Crippen LogP contribution is -2.27. The summed E-state index contributed by atoms with van der Waals surface area (Å²) in [6.45, 7) is 0.820. The highest BCUT2D eigenvalue weighted by Crippen LogP contribution is 2.30. The SMILES string of the molecule is O=C(CSc1nc2nn(-c3ccccc3)c(=O)c-2c2n1CCCCC2)NC1CC1. The summed E-state index contributed by atoms with van der Waals surface area (Å²) in [6.07, 6.45) is 6.20. The molecule has 0 aromatic heterocycles. The number of aromatic nitrogens is 4. The number of carbonyl (C=O) groups is 1.